The molecular weight excluding hydrogens is 214 g/mol. The molecule has 1 aliphatic heterocycles. The number of methoxy groups -OCH3 is 1. The van der Waals surface area contributed by atoms with E-state index in [0.29, 0.717) is 6.04 Å². The summed E-state index contributed by atoms with van der Waals surface area (Å²) in [7, 11) is 1.50. The van der Waals surface area contributed by atoms with E-state index < -0.39 is 0 Å². The summed E-state index contributed by atoms with van der Waals surface area (Å²) in [5.74, 6) is 1.55. The maximum absolute atomic E-state index is 11.8. The zero-order valence-electron chi connectivity index (χ0n) is 11.3. The van der Waals surface area contributed by atoms with Crippen LogP contribution in [0.1, 0.15) is 46.0 Å². The molecule has 0 bridgehead atoms. The van der Waals surface area contributed by atoms with Crippen molar-refractivity contribution in [1.29, 1.82) is 0 Å². The van der Waals surface area contributed by atoms with Crippen LogP contribution in [-0.4, -0.2) is 36.6 Å². The van der Waals surface area contributed by atoms with Crippen LogP contribution in [0, 0.1) is 11.8 Å². The van der Waals surface area contributed by atoms with Gasteiger partial charge in [0.1, 0.15) is 6.04 Å². The van der Waals surface area contributed by atoms with Crippen molar-refractivity contribution in [3.63, 3.8) is 0 Å². The number of hydrogen-bond donors (Lipinski definition) is 0. The highest BCUT2D eigenvalue weighted by molar-refractivity contribution is 5.76. The van der Waals surface area contributed by atoms with Gasteiger partial charge < -0.3 is 4.74 Å². The topological polar surface area (TPSA) is 29.5 Å². The standard InChI is InChI=1S/C14H25NO2/c1-10-7-11(2)9-12(8-10)15-6-4-5-13(15)14(16)17-3/h10-13H,4-9H2,1-3H3. The first-order valence-corrected chi connectivity index (χ1v) is 6.95. The first kappa shape index (κ1) is 12.9. The predicted octanol–water partition coefficient (Wildman–Crippen LogP) is 2.45. The summed E-state index contributed by atoms with van der Waals surface area (Å²) < 4.78 is 4.93. The van der Waals surface area contributed by atoms with Crippen molar-refractivity contribution in [2.24, 2.45) is 11.8 Å². The van der Waals surface area contributed by atoms with Gasteiger partial charge in [-0.1, -0.05) is 13.8 Å². The summed E-state index contributed by atoms with van der Waals surface area (Å²) in [6.45, 7) is 5.75. The first-order chi connectivity index (χ1) is 8.11. The SMILES string of the molecule is COC(=O)C1CCCN1C1CC(C)CC(C)C1. The molecule has 98 valence electrons. The van der Waals surface area contributed by atoms with Crippen LogP contribution >= 0.6 is 0 Å². The summed E-state index contributed by atoms with van der Waals surface area (Å²) in [5, 5.41) is 0. The third kappa shape index (κ3) is 2.82. The molecule has 17 heavy (non-hydrogen) atoms. The lowest BCUT2D eigenvalue weighted by molar-refractivity contribution is -0.147. The Kier molecular flexibility index (Phi) is 4.08. The Morgan fingerprint density at radius 1 is 1.18 bits per heavy atom. The Morgan fingerprint density at radius 3 is 2.41 bits per heavy atom. The number of ether oxygens (including phenoxy) is 1. The van der Waals surface area contributed by atoms with Crippen molar-refractivity contribution in [3.05, 3.63) is 0 Å². The second kappa shape index (κ2) is 5.38. The van der Waals surface area contributed by atoms with Gasteiger partial charge in [0.25, 0.3) is 0 Å². The number of esters is 1. The fourth-order valence-corrected chi connectivity index (χ4v) is 3.79. The highest BCUT2D eigenvalue weighted by atomic mass is 16.5. The van der Waals surface area contributed by atoms with Crippen LogP contribution in [0.15, 0.2) is 0 Å². The van der Waals surface area contributed by atoms with E-state index in [9.17, 15) is 4.79 Å². The molecule has 0 amide bonds. The van der Waals surface area contributed by atoms with Crippen LogP contribution in [0.3, 0.4) is 0 Å². The van der Waals surface area contributed by atoms with Crippen molar-refractivity contribution in [2.75, 3.05) is 13.7 Å². The molecule has 3 nitrogen and oxygen atoms in total. The van der Waals surface area contributed by atoms with Gasteiger partial charge in [-0.05, 0) is 50.5 Å². The average Bonchev–Trinajstić information content (AvgIpc) is 2.75. The molecule has 0 spiro atoms. The molecule has 0 aromatic carbocycles. The van der Waals surface area contributed by atoms with Crippen molar-refractivity contribution in [2.45, 2.75) is 58.0 Å². The maximum Gasteiger partial charge on any atom is 0.323 e. The molecule has 3 unspecified atom stereocenters. The van der Waals surface area contributed by atoms with Crippen LogP contribution in [0.5, 0.6) is 0 Å². The monoisotopic (exact) mass is 239 g/mol. The number of hydrogen-bond acceptors (Lipinski definition) is 3. The number of carbonyl (C=O) groups is 1. The summed E-state index contributed by atoms with van der Waals surface area (Å²) in [6.07, 6.45) is 5.95. The van der Waals surface area contributed by atoms with Crippen molar-refractivity contribution < 1.29 is 9.53 Å². The Hall–Kier alpha value is -0.570. The highest BCUT2D eigenvalue weighted by Gasteiger charge is 2.38. The maximum atomic E-state index is 11.8. The van der Waals surface area contributed by atoms with Gasteiger partial charge >= 0.3 is 5.97 Å². The molecule has 3 atom stereocenters. The zero-order valence-corrected chi connectivity index (χ0v) is 11.3. The quantitative estimate of drug-likeness (QED) is 0.693. The van der Waals surface area contributed by atoms with Crippen LogP contribution < -0.4 is 0 Å². The molecule has 1 aliphatic carbocycles. The molecule has 1 heterocycles. The number of likely N-dealkylation sites (tertiary alicyclic amines) is 1. The lowest BCUT2D eigenvalue weighted by Gasteiger charge is -2.39. The van der Waals surface area contributed by atoms with Crippen LogP contribution in [-0.2, 0) is 9.53 Å². The predicted molar refractivity (Wildman–Crippen MR) is 67.7 cm³/mol. The summed E-state index contributed by atoms with van der Waals surface area (Å²) in [5.41, 5.74) is 0. The normalized spacial score (nSPS) is 39.2. The minimum atomic E-state index is -0.0339. The summed E-state index contributed by atoms with van der Waals surface area (Å²) in [6, 6.07) is 0.628. The molecule has 2 fully saturated rings. The van der Waals surface area contributed by atoms with Gasteiger partial charge in [-0.25, -0.2) is 0 Å². The molecule has 0 aromatic heterocycles. The lowest BCUT2D eigenvalue weighted by Crippen LogP contribution is -2.46. The van der Waals surface area contributed by atoms with Crippen molar-refractivity contribution in [1.82, 2.24) is 4.90 Å². The van der Waals surface area contributed by atoms with E-state index in [1.165, 1.54) is 26.4 Å². The van der Waals surface area contributed by atoms with Crippen LogP contribution in [0.2, 0.25) is 0 Å². The molecule has 1 saturated heterocycles. The van der Waals surface area contributed by atoms with Gasteiger partial charge in [-0.2, -0.15) is 0 Å². The average molecular weight is 239 g/mol. The minimum absolute atomic E-state index is 0.0301. The highest BCUT2D eigenvalue weighted by Crippen LogP contribution is 2.35. The first-order valence-electron chi connectivity index (χ1n) is 6.95. The van der Waals surface area contributed by atoms with E-state index in [2.05, 4.69) is 18.7 Å². The molecule has 1 saturated carbocycles. The molecule has 2 aliphatic rings. The molecule has 3 heteroatoms. The van der Waals surface area contributed by atoms with E-state index in [1.54, 1.807) is 0 Å². The lowest BCUT2D eigenvalue weighted by atomic mass is 9.79. The second-order valence-electron chi connectivity index (χ2n) is 5.99. The Bertz CT molecular complexity index is 269. The number of rotatable bonds is 2. The number of nitrogens with zero attached hydrogens (tertiary/aromatic N) is 1. The Balaban J connectivity index is 2.02. The van der Waals surface area contributed by atoms with Gasteiger partial charge in [0, 0.05) is 6.04 Å². The number of carbonyl (C=O) groups excluding carboxylic acids is 1. The van der Waals surface area contributed by atoms with Crippen LogP contribution in [0.4, 0.5) is 0 Å². The van der Waals surface area contributed by atoms with E-state index in [0.717, 1.165) is 31.2 Å². The van der Waals surface area contributed by atoms with Gasteiger partial charge in [0.2, 0.25) is 0 Å². The fraction of sp³-hybridized carbons (Fsp3) is 0.929. The van der Waals surface area contributed by atoms with E-state index >= 15 is 0 Å². The van der Waals surface area contributed by atoms with E-state index in [4.69, 9.17) is 4.74 Å². The van der Waals surface area contributed by atoms with Crippen molar-refractivity contribution in [3.8, 4) is 0 Å². The summed E-state index contributed by atoms with van der Waals surface area (Å²) in [4.78, 5) is 14.2. The van der Waals surface area contributed by atoms with Gasteiger partial charge in [-0.3, -0.25) is 9.69 Å². The molecule has 0 N–H and O–H groups in total. The third-order valence-electron chi connectivity index (χ3n) is 4.39. The van der Waals surface area contributed by atoms with E-state index in [-0.39, 0.29) is 12.0 Å². The largest absolute Gasteiger partial charge is 0.468 e. The zero-order chi connectivity index (χ0) is 12.4. The summed E-state index contributed by atoms with van der Waals surface area (Å²) >= 11 is 0. The van der Waals surface area contributed by atoms with Gasteiger partial charge in [-0.15, -0.1) is 0 Å². The molecular formula is C14H25NO2. The Morgan fingerprint density at radius 2 is 1.82 bits per heavy atom. The smallest absolute Gasteiger partial charge is 0.323 e. The van der Waals surface area contributed by atoms with Gasteiger partial charge in [0.15, 0.2) is 0 Å². The van der Waals surface area contributed by atoms with Gasteiger partial charge in [0.05, 0.1) is 7.11 Å². The fourth-order valence-electron chi connectivity index (χ4n) is 3.79. The third-order valence-corrected chi connectivity index (χ3v) is 4.39. The van der Waals surface area contributed by atoms with Crippen LogP contribution in [0.25, 0.3) is 0 Å². The molecule has 2 rings (SSSR count). The van der Waals surface area contributed by atoms with Crippen molar-refractivity contribution >= 4 is 5.97 Å². The Labute approximate surface area is 105 Å². The molecule has 0 aromatic rings. The minimum Gasteiger partial charge on any atom is -0.468 e. The molecule has 0 radical (unpaired) electrons. The van der Waals surface area contributed by atoms with E-state index in [1.807, 2.05) is 0 Å². The second-order valence-corrected chi connectivity index (χ2v) is 5.99.